The van der Waals surface area contributed by atoms with Crippen LogP contribution < -0.4 is 5.32 Å². The second-order valence-electron chi connectivity index (χ2n) is 4.66. The lowest BCUT2D eigenvalue weighted by molar-refractivity contribution is -0.0826. The van der Waals surface area contributed by atoms with Gasteiger partial charge >= 0.3 is 0 Å². The Morgan fingerprint density at radius 3 is 2.88 bits per heavy atom. The molecule has 1 saturated heterocycles. The van der Waals surface area contributed by atoms with Gasteiger partial charge in [0.25, 0.3) is 0 Å². The molecule has 0 amide bonds. The molecule has 94 valence electrons. The monoisotopic (exact) mass is 241 g/mol. The summed E-state index contributed by atoms with van der Waals surface area (Å²) in [4.78, 5) is 0. The lowest BCUT2D eigenvalue weighted by Gasteiger charge is -2.38. The SMILES string of the molecule is CNC1CCOC(C)(c2cccc(F)c2F)C1. The van der Waals surface area contributed by atoms with Crippen LogP contribution in [0.15, 0.2) is 18.2 Å². The summed E-state index contributed by atoms with van der Waals surface area (Å²) in [7, 11) is 1.87. The number of hydrogen-bond donors (Lipinski definition) is 1. The van der Waals surface area contributed by atoms with Crippen molar-refractivity contribution < 1.29 is 13.5 Å². The Morgan fingerprint density at radius 2 is 2.18 bits per heavy atom. The molecule has 17 heavy (non-hydrogen) atoms. The van der Waals surface area contributed by atoms with Gasteiger partial charge in [-0.25, -0.2) is 8.78 Å². The molecule has 1 heterocycles. The second-order valence-corrected chi connectivity index (χ2v) is 4.66. The van der Waals surface area contributed by atoms with Gasteiger partial charge in [-0.3, -0.25) is 0 Å². The predicted molar refractivity (Wildman–Crippen MR) is 61.7 cm³/mol. The van der Waals surface area contributed by atoms with Crippen LogP contribution in [0.1, 0.15) is 25.3 Å². The smallest absolute Gasteiger partial charge is 0.164 e. The summed E-state index contributed by atoms with van der Waals surface area (Å²) in [5.41, 5.74) is -0.449. The highest BCUT2D eigenvalue weighted by molar-refractivity contribution is 5.26. The zero-order valence-electron chi connectivity index (χ0n) is 10.1. The number of rotatable bonds is 2. The minimum atomic E-state index is -0.820. The molecule has 0 bridgehead atoms. The zero-order valence-corrected chi connectivity index (χ0v) is 10.1. The van der Waals surface area contributed by atoms with Gasteiger partial charge in [-0.2, -0.15) is 0 Å². The topological polar surface area (TPSA) is 21.3 Å². The standard InChI is InChI=1S/C13H17F2NO/c1-13(8-9(16-2)6-7-17-13)10-4-3-5-11(14)12(10)15/h3-5,9,16H,6-8H2,1-2H3. The first-order valence-electron chi connectivity index (χ1n) is 5.82. The van der Waals surface area contributed by atoms with E-state index < -0.39 is 17.2 Å². The predicted octanol–water partition coefficient (Wildman–Crippen LogP) is 2.58. The molecule has 0 radical (unpaired) electrons. The highest BCUT2D eigenvalue weighted by atomic mass is 19.2. The molecule has 0 saturated carbocycles. The van der Waals surface area contributed by atoms with Crippen LogP contribution >= 0.6 is 0 Å². The quantitative estimate of drug-likeness (QED) is 0.859. The van der Waals surface area contributed by atoms with Gasteiger partial charge in [0, 0.05) is 18.2 Å². The Kier molecular flexibility index (Phi) is 3.45. The fraction of sp³-hybridized carbons (Fsp3) is 0.538. The summed E-state index contributed by atoms with van der Waals surface area (Å²) >= 11 is 0. The van der Waals surface area contributed by atoms with Crippen molar-refractivity contribution in [2.75, 3.05) is 13.7 Å². The second kappa shape index (κ2) is 4.70. The molecule has 0 aromatic heterocycles. The van der Waals surface area contributed by atoms with E-state index >= 15 is 0 Å². The van der Waals surface area contributed by atoms with Crippen molar-refractivity contribution in [3.05, 3.63) is 35.4 Å². The van der Waals surface area contributed by atoms with E-state index in [4.69, 9.17) is 4.74 Å². The third-order valence-corrected chi connectivity index (χ3v) is 3.45. The fourth-order valence-corrected chi connectivity index (χ4v) is 2.40. The molecule has 2 nitrogen and oxygen atoms in total. The highest BCUT2D eigenvalue weighted by Crippen LogP contribution is 2.36. The molecular weight excluding hydrogens is 224 g/mol. The minimum Gasteiger partial charge on any atom is -0.370 e. The van der Waals surface area contributed by atoms with Gasteiger partial charge < -0.3 is 10.1 Å². The zero-order chi connectivity index (χ0) is 12.5. The maximum absolute atomic E-state index is 13.8. The third-order valence-electron chi connectivity index (χ3n) is 3.45. The summed E-state index contributed by atoms with van der Waals surface area (Å²) in [5.74, 6) is -1.62. The maximum atomic E-state index is 13.8. The first-order chi connectivity index (χ1) is 8.07. The molecule has 4 heteroatoms. The Balaban J connectivity index is 2.33. The van der Waals surface area contributed by atoms with E-state index in [0.29, 0.717) is 18.6 Å². The lowest BCUT2D eigenvalue weighted by atomic mass is 9.85. The van der Waals surface area contributed by atoms with Gasteiger partial charge in [-0.1, -0.05) is 12.1 Å². The normalized spacial score (nSPS) is 29.3. The summed E-state index contributed by atoms with van der Waals surface area (Å²) in [6.45, 7) is 2.37. The Bertz CT molecular complexity index is 410. The molecule has 1 N–H and O–H groups in total. The number of nitrogens with one attached hydrogen (secondary N) is 1. The van der Waals surface area contributed by atoms with Gasteiger partial charge in [-0.05, 0) is 32.9 Å². The van der Waals surface area contributed by atoms with Crippen LogP contribution in [0.2, 0.25) is 0 Å². The van der Waals surface area contributed by atoms with E-state index in [1.54, 1.807) is 6.07 Å². The molecule has 2 unspecified atom stereocenters. The number of ether oxygens (including phenoxy) is 1. The van der Waals surface area contributed by atoms with Crippen molar-refractivity contribution in [1.82, 2.24) is 5.32 Å². The van der Waals surface area contributed by atoms with E-state index in [1.807, 2.05) is 14.0 Å². The van der Waals surface area contributed by atoms with Gasteiger partial charge in [0.2, 0.25) is 0 Å². The van der Waals surface area contributed by atoms with Crippen molar-refractivity contribution in [2.24, 2.45) is 0 Å². The molecular formula is C13H17F2NO. The molecule has 0 spiro atoms. The Labute approximate surface area is 100.0 Å². The fourth-order valence-electron chi connectivity index (χ4n) is 2.40. The van der Waals surface area contributed by atoms with E-state index in [0.717, 1.165) is 12.5 Å². The van der Waals surface area contributed by atoms with Crippen LogP contribution in [-0.2, 0) is 10.3 Å². The van der Waals surface area contributed by atoms with Crippen molar-refractivity contribution in [2.45, 2.75) is 31.4 Å². The summed E-state index contributed by atoms with van der Waals surface area (Å²) < 4.78 is 32.7. The lowest BCUT2D eigenvalue weighted by Crippen LogP contribution is -2.43. The minimum absolute atomic E-state index is 0.274. The molecule has 2 rings (SSSR count). The van der Waals surface area contributed by atoms with Crippen LogP contribution in [-0.4, -0.2) is 19.7 Å². The van der Waals surface area contributed by atoms with Gasteiger partial charge in [-0.15, -0.1) is 0 Å². The first-order valence-corrected chi connectivity index (χ1v) is 5.82. The average Bonchev–Trinajstić information content (AvgIpc) is 2.32. The maximum Gasteiger partial charge on any atom is 0.164 e. The van der Waals surface area contributed by atoms with Crippen molar-refractivity contribution in [1.29, 1.82) is 0 Å². The highest BCUT2D eigenvalue weighted by Gasteiger charge is 2.37. The largest absolute Gasteiger partial charge is 0.370 e. The van der Waals surface area contributed by atoms with Crippen molar-refractivity contribution in [3.8, 4) is 0 Å². The van der Waals surface area contributed by atoms with Gasteiger partial charge in [0.1, 0.15) is 0 Å². The van der Waals surface area contributed by atoms with Crippen LogP contribution in [0.25, 0.3) is 0 Å². The molecule has 2 atom stereocenters. The number of hydrogen-bond acceptors (Lipinski definition) is 2. The van der Waals surface area contributed by atoms with Crippen molar-refractivity contribution in [3.63, 3.8) is 0 Å². The molecule has 1 aromatic rings. The van der Waals surface area contributed by atoms with Crippen LogP contribution in [0.5, 0.6) is 0 Å². The van der Waals surface area contributed by atoms with E-state index in [1.165, 1.54) is 6.07 Å². The van der Waals surface area contributed by atoms with E-state index in [-0.39, 0.29) is 6.04 Å². The summed E-state index contributed by atoms with van der Waals surface area (Å²) in [6, 6.07) is 4.51. The first kappa shape index (κ1) is 12.5. The van der Waals surface area contributed by atoms with E-state index in [2.05, 4.69) is 5.32 Å². The van der Waals surface area contributed by atoms with Crippen LogP contribution in [0, 0.1) is 11.6 Å². The molecule has 0 aliphatic carbocycles. The van der Waals surface area contributed by atoms with Gasteiger partial charge in [0.05, 0.1) is 5.60 Å². The number of benzene rings is 1. The number of halogens is 2. The summed E-state index contributed by atoms with van der Waals surface area (Å²) in [5, 5.41) is 3.17. The Morgan fingerprint density at radius 1 is 1.41 bits per heavy atom. The van der Waals surface area contributed by atoms with E-state index in [9.17, 15) is 8.78 Å². The van der Waals surface area contributed by atoms with Crippen LogP contribution in [0.4, 0.5) is 8.78 Å². The molecule has 1 aliphatic heterocycles. The molecule has 1 aliphatic rings. The molecule has 1 aromatic carbocycles. The summed E-state index contributed by atoms with van der Waals surface area (Å²) in [6.07, 6.45) is 1.53. The van der Waals surface area contributed by atoms with Crippen molar-refractivity contribution >= 4 is 0 Å². The van der Waals surface area contributed by atoms with Gasteiger partial charge in [0.15, 0.2) is 11.6 Å². The average molecular weight is 241 g/mol. The third kappa shape index (κ3) is 2.33. The Hall–Kier alpha value is -1.00. The molecule has 1 fully saturated rings. The van der Waals surface area contributed by atoms with Crippen LogP contribution in [0.3, 0.4) is 0 Å².